The van der Waals surface area contributed by atoms with Crippen LogP contribution in [0.2, 0.25) is 0 Å². The fraction of sp³-hybridized carbons (Fsp3) is 0.576. The molecule has 0 radical (unpaired) electrons. The van der Waals surface area contributed by atoms with Gasteiger partial charge in [0, 0.05) is 16.7 Å². The van der Waals surface area contributed by atoms with E-state index in [1.807, 2.05) is 0 Å². The highest BCUT2D eigenvalue weighted by Gasteiger charge is 2.76. The number of aliphatic hydroxyl groups excluding tert-OH is 2. The van der Waals surface area contributed by atoms with E-state index in [9.17, 15) is 44.6 Å². The Bertz CT molecular complexity index is 1560. The molecule has 15 heteroatoms. The third-order valence-corrected chi connectivity index (χ3v) is 10.9. The fourth-order valence-corrected chi connectivity index (χ4v) is 8.50. The molecule has 0 unspecified atom stereocenters. The van der Waals surface area contributed by atoms with Crippen LogP contribution in [0, 0.1) is 32.8 Å². The fourth-order valence-electron chi connectivity index (χ4n) is 8.50. The van der Waals surface area contributed by atoms with Gasteiger partial charge >= 0.3 is 12.1 Å². The number of aryl methyl sites for hydroxylation is 1. The lowest BCUT2D eigenvalue weighted by Crippen LogP contribution is -2.69. The van der Waals surface area contributed by atoms with E-state index in [-0.39, 0.29) is 37.4 Å². The maximum Gasteiger partial charge on any atom is 0.413 e. The molecule has 14 nitrogen and oxygen atoms in total. The molecular weight excluding hydrogens is 635 g/mol. The Balaban J connectivity index is 1.17. The van der Waals surface area contributed by atoms with Crippen LogP contribution in [-0.4, -0.2) is 87.3 Å². The number of ether oxygens (including phenoxy) is 2. The number of aliphatic hydroxyl groups is 3. The van der Waals surface area contributed by atoms with E-state index in [0.717, 1.165) is 5.56 Å². The van der Waals surface area contributed by atoms with Crippen LogP contribution in [0.15, 0.2) is 48.1 Å². The molecule has 0 spiro atoms. The third-order valence-electron chi connectivity index (χ3n) is 10.9. The van der Waals surface area contributed by atoms with Gasteiger partial charge in [-0.05, 0) is 81.2 Å². The number of allylic oxidation sites excluding steroid dienone is 4. The van der Waals surface area contributed by atoms with Gasteiger partial charge < -0.3 is 34.9 Å². The number of fused-ring (bicyclic) bond motifs is 5. The number of amides is 1. The minimum atomic E-state index is -2.47. The first kappa shape index (κ1) is 35.1. The molecule has 1 amide bonds. The summed E-state index contributed by atoms with van der Waals surface area (Å²) in [5, 5.41) is 45.8. The van der Waals surface area contributed by atoms with Crippen molar-refractivity contribution >= 4 is 23.6 Å². The van der Waals surface area contributed by atoms with Crippen LogP contribution in [0.1, 0.15) is 51.5 Å². The zero-order valence-corrected chi connectivity index (χ0v) is 26.6. The number of carbonyl (C=O) groups is 4. The summed E-state index contributed by atoms with van der Waals surface area (Å²) in [5.41, 5.74) is -6.17. The molecule has 8 atom stereocenters. The Labute approximate surface area is 275 Å². The molecule has 4 aliphatic rings. The number of alkyl halides is 1. The lowest BCUT2D eigenvalue weighted by Gasteiger charge is -2.62. The van der Waals surface area contributed by atoms with Crippen molar-refractivity contribution in [2.24, 2.45) is 22.7 Å². The number of carbonyl (C=O) groups excluding carboxylic acids is 4. The third kappa shape index (κ3) is 5.87. The highest BCUT2D eigenvalue weighted by Crippen LogP contribution is 2.69. The highest BCUT2D eigenvalue weighted by atomic mass is 19.1. The van der Waals surface area contributed by atoms with Crippen LogP contribution in [0.4, 0.5) is 9.18 Å². The predicted molar refractivity (Wildman–Crippen MR) is 162 cm³/mol. The van der Waals surface area contributed by atoms with Gasteiger partial charge in [-0.25, -0.2) is 9.18 Å². The molecule has 4 N–H and O–H groups in total. The van der Waals surface area contributed by atoms with Gasteiger partial charge in [0.05, 0.1) is 18.8 Å². The number of hydrogen-bond donors (Lipinski definition) is 4. The van der Waals surface area contributed by atoms with E-state index < -0.39 is 82.2 Å². The minimum Gasteiger partial charge on any atom is -0.456 e. The van der Waals surface area contributed by atoms with E-state index in [2.05, 4.69) is 10.2 Å². The van der Waals surface area contributed by atoms with Gasteiger partial charge in [-0.3, -0.25) is 14.4 Å². The average Bonchev–Trinajstić information content (AvgIpc) is 3.23. The van der Waals surface area contributed by atoms with Crippen molar-refractivity contribution in [3.63, 3.8) is 0 Å². The molecule has 0 bridgehead atoms. The number of esters is 1. The quantitative estimate of drug-likeness (QED) is 0.115. The summed E-state index contributed by atoms with van der Waals surface area (Å²) in [5.74, 6) is -3.77. The first-order valence-corrected chi connectivity index (χ1v) is 15.8. The molecule has 1 aromatic rings. The Kier molecular flexibility index (Phi) is 9.51. The maximum atomic E-state index is 17.3. The predicted octanol–water partition coefficient (Wildman–Crippen LogP) is 2.10. The smallest absolute Gasteiger partial charge is 0.413 e. The summed E-state index contributed by atoms with van der Waals surface area (Å²) in [6, 6.07) is 6.36. The Hall–Kier alpha value is -4.21. The number of hydrogen-bond acceptors (Lipinski definition) is 12. The molecule has 260 valence electrons. The molecule has 1 aromatic carbocycles. The number of benzene rings is 1. The molecule has 48 heavy (non-hydrogen) atoms. The molecule has 0 aromatic heterocycles. The van der Waals surface area contributed by atoms with Crippen LogP contribution in [0.3, 0.4) is 0 Å². The van der Waals surface area contributed by atoms with E-state index in [4.69, 9.17) is 9.47 Å². The van der Waals surface area contributed by atoms with Crippen molar-refractivity contribution in [2.45, 2.75) is 75.9 Å². The van der Waals surface area contributed by atoms with E-state index >= 15 is 4.39 Å². The molecule has 0 aliphatic heterocycles. The molecule has 3 saturated carbocycles. The largest absolute Gasteiger partial charge is 0.456 e. The molecule has 3 fully saturated rings. The second kappa shape index (κ2) is 13.0. The van der Waals surface area contributed by atoms with Gasteiger partial charge in [0.2, 0.25) is 5.78 Å². The Morgan fingerprint density at radius 2 is 1.92 bits per heavy atom. The summed E-state index contributed by atoms with van der Waals surface area (Å²) in [4.78, 5) is 64.7. The van der Waals surface area contributed by atoms with Gasteiger partial charge in [-0.15, -0.1) is 10.1 Å². The van der Waals surface area contributed by atoms with Crippen LogP contribution < -0.4 is 10.1 Å². The highest BCUT2D eigenvalue weighted by molar-refractivity contribution is 6.01. The van der Waals surface area contributed by atoms with Crippen molar-refractivity contribution in [3.05, 3.63) is 63.7 Å². The lowest BCUT2D eigenvalue weighted by molar-refractivity contribution is -0.757. The number of nitrogens with one attached hydrogen (secondary N) is 1. The van der Waals surface area contributed by atoms with E-state index in [0.29, 0.717) is 24.8 Å². The summed E-state index contributed by atoms with van der Waals surface area (Å²) in [6.45, 7) is 1.41. The van der Waals surface area contributed by atoms with Crippen molar-refractivity contribution in [2.75, 3.05) is 19.8 Å². The maximum absolute atomic E-state index is 17.3. The van der Waals surface area contributed by atoms with Crippen molar-refractivity contribution in [3.8, 4) is 5.75 Å². The molecule has 0 heterocycles. The zero-order valence-electron chi connectivity index (χ0n) is 26.6. The van der Waals surface area contributed by atoms with E-state index in [1.165, 1.54) is 37.3 Å². The first-order chi connectivity index (χ1) is 22.6. The number of rotatable bonds is 11. The van der Waals surface area contributed by atoms with Gasteiger partial charge in [0.15, 0.2) is 23.7 Å². The van der Waals surface area contributed by atoms with E-state index in [1.54, 1.807) is 19.1 Å². The molecule has 0 saturated heterocycles. The minimum absolute atomic E-state index is 0.0971. The number of Topliss-reactive ketones (excluding diaryl/α,β-unsaturated/α-hetero) is 1. The number of nitrogens with zero attached hydrogens (tertiary/aromatic N) is 1. The van der Waals surface area contributed by atoms with Gasteiger partial charge in [0.25, 0.3) is 5.09 Å². The van der Waals surface area contributed by atoms with Gasteiger partial charge in [-0.2, -0.15) is 0 Å². The second-order valence-electron chi connectivity index (χ2n) is 13.4. The van der Waals surface area contributed by atoms with Crippen LogP contribution in [-0.2, 0) is 30.4 Å². The van der Waals surface area contributed by atoms with Crippen LogP contribution >= 0.6 is 0 Å². The van der Waals surface area contributed by atoms with Gasteiger partial charge in [-0.1, -0.05) is 30.7 Å². The van der Waals surface area contributed by atoms with Crippen molar-refractivity contribution in [1.82, 2.24) is 5.32 Å². The topological polar surface area (TPSA) is 212 Å². The summed E-state index contributed by atoms with van der Waals surface area (Å²) in [7, 11) is 0. The SMILES string of the molecule is C[C@]12C=CC(=O)C=C1CC[C@H]1[C@@H]3C[C@@H](O)[C@](O)(C(=O)COC(=O)CNC(=O)Oc4cccc(CCCO[N+](=O)[O-])c4)[C@@]3(C)C[C@H](O)[C@@]12F. The molecular formula is C33H39FN2O12. The molecule has 4 aliphatic carbocycles. The average molecular weight is 675 g/mol. The van der Waals surface area contributed by atoms with Crippen LogP contribution in [0.25, 0.3) is 0 Å². The Morgan fingerprint density at radius 3 is 2.65 bits per heavy atom. The number of halogens is 1. The van der Waals surface area contributed by atoms with Crippen LogP contribution in [0.5, 0.6) is 5.75 Å². The van der Waals surface area contributed by atoms with Crippen molar-refractivity contribution < 1.29 is 58.3 Å². The zero-order chi connectivity index (χ0) is 35.1. The summed E-state index contributed by atoms with van der Waals surface area (Å²) >= 11 is 0. The Morgan fingerprint density at radius 1 is 1.17 bits per heavy atom. The standard InChI is InChI=1S/C33H39FN2O12/c1-30-11-10-21(37)14-20(30)8-9-23-24-15-25(38)33(43,31(24,2)16-26(39)32(23,30)34)27(40)18-46-28(41)17-35-29(42)48-22-7-3-5-19(13-22)6-4-12-47-36(44)45/h3,5,7,10-11,13-14,23-26,38-39,43H,4,6,8-9,12,15-18H2,1-2H3,(H,35,42)/t23-,24-,25+,26-,30-,31-,32-,33-/m0/s1. The normalized spacial score (nSPS) is 35.0. The van der Waals surface area contributed by atoms with Crippen molar-refractivity contribution in [1.29, 1.82) is 0 Å². The lowest BCUT2D eigenvalue weighted by atomic mass is 9.44. The summed E-state index contributed by atoms with van der Waals surface area (Å²) < 4.78 is 27.4. The molecule has 5 rings (SSSR count). The number of ketones is 2. The van der Waals surface area contributed by atoms with Gasteiger partial charge in [0.1, 0.15) is 12.3 Å². The first-order valence-electron chi connectivity index (χ1n) is 15.8. The summed E-state index contributed by atoms with van der Waals surface area (Å²) in [6.07, 6.45) is 0.722. The second-order valence-corrected chi connectivity index (χ2v) is 13.4. The monoisotopic (exact) mass is 674 g/mol.